The Morgan fingerprint density at radius 2 is 2.00 bits per heavy atom. The van der Waals surface area contributed by atoms with Crippen molar-refractivity contribution in [1.29, 1.82) is 0 Å². The van der Waals surface area contributed by atoms with Crippen LogP contribution in [0.3, 0.4) is 0 Å². The van der Waals surface area contributed by atoms with Gasteiger partial charge in [0.1, 0.15) is 0 Å². The SMILES string of the molecule is CCn1c(C(C)C)cc2ccc(Cl)cc21. The molecule has 0 saturated heterocycles. The molecular weight excluding hydrogens is 206 g/mol. The standard InChI is InChI=1S/C13H16ClN/c1-4-15-12(9(2)3)7-10-5-6-11(14)8-13(10)15/h5-9H,4H2,1-3H3. The van der Waals surface area contributed by atoms with E-state index in [4.69, 9.17) is 11.6 Å². The summed E-state index contributed by atoms with van der Waals surface area (Å²) in [5.74, 6) is 0.552. The molecule has 1 heterocycles. The molecule has 0 radical (unpaired) electrons. The Balaban J connectivity index is 2.74. The van der Waals surface area contributed by atoms with E-state index in [-0.39, 0.29) is 0 Å². The first-order chi connectivity index (χ1) is 7.13. The van der Waals surface area contributed by atoms with Crippen LogP contribution in [-0.2, 0) is 6.54 Å². The smallest absolute Gasteiger partial charge is 0.0497 e. The molecular formula is C13H16ClN. The van der Waals surface area contributed by atoms with Gasteiger partial charge in [-0.2, -0.15) is 0 Å². The molecule has 0 N–H and O–H groups in total. The van der Waals surface area contributed by atoms with Gasteiger partial charge in [0, 0.05) is 22.8 Å². The topological polar surface area (TPSA) is 4.93 Å². The molecule has 0 spiro atoms. The lowest BCUT2D eigenvalue weighted by molar-refractivity contribution is 0.691. The molecule has 0 aliphatic carbocycles. The molecule has 1 nitrogen and oxygen atoms in total. The van der Waals surface area contributed by atoms with E-state index >= 15 is 0 Å². The number of fused-ring (bicyclic) bond motifs is 1. The molecule has 0 aliphatic heterocycles. The van der Waals surface area contributed by atoms with Gasteiger partial charge in [-0.3, -0.25) is 0 Å². The zero-order chi connectivity index (χ0) is 11.0. The average Bonchev–Trinajstić information content (AvgIpc) is 2.55. The first-order valence-electron chi connectivity index (χ1n) is 5.42. The van der Waals surface area contributed by atoms with Gasteiger partial charge >= 0.3 is 0 Å². The molecule has 0 fully saturated rings. The van der Waals surface area contributed by atoms with Crippen molar-refractivity contribution >= 4 is 22.5 Å². The van der Waals surface area contributed by atoms with Crippen LogP contribution in [-0.4, -0.2) is 4.57 Å². The molecule has 2 heteroatoms. The van der Waals surface area contributed by atoms with Crippen LogP contribution in [0, 0.1) is 0 Å². The lowest BCUT2D eigenvalue weighted by Gasteiger charge is -2.10. The van der Waals surface area contributed by atoms with E-state index in [0.29, 0.717) is 5.92 Å². The zero-order valence-corrected chi connectivity index (χ0v) is 10.2. The summed E-state index contributed by atoms with van der Waals surface area (Å²) in [6.07, 6.45) is 0. The third kappa shape index (κ3) is 1.76. The summed E-state index contributed by atoms with van der Waals surface area (Å²) in [5, 5.41) is 2.09. The highest BCUT2D eigenvalue weighted by molar-refractivity contribution is 6.31. The minimum Gasteiger partial charge on any atom is -0.345 e. The maximum atomic E-state index is 6.02. The van der Waals surface area contributed by atoms with Gasteiger partial charge in [0.25, 0.3) is 0 Å². The second kappa shape index (κ2) is 3.90. The number of hydrogen-bond donors (Lipinski definition) is 0. The predicted molar refractivity (Wildman–Crippen MR) is 66.7 cm³/mol. The van der Waals surface area contributed by atoms with Crippen molar-refractivity contribution in [2.24, 2.45) is 0 Å². The Kier molecular flexibility index (Phi) is 2.74. The number of rotatable bonds is 2. The van der Waals surface area contributed by atoms with Crippen molar-refractivity contribution in [2.45, 2.75) is 33.2 Å². The van der Waals surface area contributed by atoms with Gasteiger partial charge in [-0.05, 0) is 36.4 Å². The highest BCUT2D eigenvalue weighted by Crippen LogP contribution is 2.27. The predicted octanol–water partition coefficient (Wildman–Crippen LogP) is 4.44. The van der Waals surface area contributed by atoms with Crippen LogP contribution in [0.1, 0.15) is 32.4 Å². The number of nitrogens with zero attached hydrogens (tertiary/aromatic N) is 1. The highest BCUT2D eigenvalue weighted by Gasteiger charge is 2.10. The van der Waals surface area contributed by atoms with Crippen LogP contribution < -0.4 is 0 Å². The van der Waals surface area contributed by atoms with Crippen molar-refractivity contribution < 1.29 is 0 Å². The van der Waals surface area contributed by atoms with Gasteiger partial charge in [-0.1, -0.05) is 31.5 Å². The summed E-state index contributed by atoms with van der Waals surface area (Å²) in [6, 6.07) is 8.36. The number of benzene rings is 1. The lowest BCUT2D eigenvalue weighted by Crippen LogP contribution is -2.01. The summed E-state index contributed by atoms with van der Waals surface area (Å²) < 4.78 is 2.34. The Morgan fingerprint density at radius 1 is 1.27 bits per heavy atom. The number of aromatic nitrogens is 1. The zero-order valence-electron chi connectivity index (χ0n) is 9.42. The minimum absolute atomic E-state index is 0.552. The largest absolute Gasteiger partial charge is 0.345 e. The van der Waals surface area contributed by atoms with Crippen LogP contribution in [0.15, 0.2) is 24.3 Å². The fraction of sp³-hybridized carbons (Fsp3) is 0.385. The van der Waals surface area contributed by atoms with Gasteiger partial charge in [0.05, 0.1) is 0 Å². The van der Waals surface area contributed by atoms with Crippen molar-refractivity contribution in [2.75, 3.05) is 0 Å². The van der Waals surface area contributed by atoms with E-state index in [1.165, 1.54) is 16.6 Å². The maximum absolute atomic E-state index is 6.02. The monoisotopic (exact) mass is 221 g/mol. The van der Waals surface area contributed by atoms with Crippen molar-refractivity contribution in [3.63, 3.8) is 0 Å². The fourth-order valence-corrected chi connectivity index (χ4v) is 2.25. The molecule has 0 unspecified atom stereocenters. The van der Waals surface area contributed by atoms with Gasteiger partial charge in [0.15, 0.2) is 0 Å². The molecule has 0 atom stereocenters. The van der Waals surface area contributed by atoms with Gasteiger partial charge < -0.3 is 4.57 Å². The summed E-state index contributed by atoms with van der Waals surface area (Å²) >= 11 is 6.02. The molecule has 1 aromatic heterocycles. The molecule has 15 heavy (non-hydrogen) atoms. The van der Waals surface area contributed by atoms with Crippen LogP contribution in [0.5, 0.6) is 0 Å². The van der Waals surface area contributed by atoms with E-state index in [1.807, 2.05) is 12.1 Å². The number of hydrogen-bond acceptors (Lipinski definition) is 0. The van der Waals surface area contributed by atoms with Crippen LogP contribution in [0.4, 0.5) is 0 Å². The van der Waals surface area contributed by atoms with E-state index in [0.717, 1.165) is 11.6 Å². The molecule has 0 aliphatic rings. The quantitative estimate of drug-likeness (QED) is 0.707. The van der Waals surface area contributed by atoms with Crippen molar-refractivity contribution in [3.05, 3.63) is 35.0 Å². The fourth-order valence-electron chi connectivity index (χ4n) is 2.08. The van der Waals surface area contributed by atoms with Gasteiger partial charge in [-0.25, -0.2) is 0 Å². The highest BCUT2D eigenvalue weighted by atomic mass is 35.5. The Labute approximate surface area is 95.7 Å². The maximum Gasteiger partial charge on any atom is 0.0497 e. The molecule has 1 aromatic carbocycles. The van der Waals surface area contributed by atoms with Crippen molar-refractivity contribution in [3.8, 4) is 0 Å². The van der Waals surface area contributed by atoms with Crippen LogP contribution >= 0.6 is 11.6 Å². The summed E-state index contributed by atoms with van der Waals surface area (Å²) in [5.41, 5.74) is 2.63. The van der Waals surface area contributed by atoms with E-state index in [9.17, 15) is 0 Å². The minimum atomic E-state index is 0.552. The first kappa shape index (κ1) is 10.6. The normalized spacial score (nSPS) is 11.5. The van der Waals surface area contributed by atoms with E-state index in [2.05, 4.69) is 37.5 Å². The Morgan fingerprint density at radius 3 is 2.60 bits per heavy atom. The third-order valence-corrected chi connectivity index (χ3v) is 3.04. The van der Waals surface area contributed by atoms with Gasteiger partial charge in [0.2, 0.25) is 0 Å². The summed E-state index contributed by atoms with van der Waals surface area (Å²) in [6.45, 7) is 7.62. The van der Waals surface area contributed by atoms with E-state index in [1.54, 1.807) is 0 Å². The van der Waals surface area contributed by atoms with Crippen LogP contribution in [0.25, 0.3) is 10.9 Å². The molecule has 0 saturated carbocycles. The lowest BCUT2D eigenvalue weighted by atomic mass is 10.1. The first-order valence-corrected chi connectivity index (χ1v) is 5.80. The van der Waals surface area contributed by atoms with Crippen LogP contribution in [0.2, 0.25) is 5.02 Å². The molecule has 2 aromatic rings. The number of halogens is 1. The number of aryl methyl sites for hydroxylation is 1. The molecule has 80 valence electrons. The molecule has 0 amide bonds. The second-order valence-electron chi connectivity index (χ2n) is 4.17. The van der Waals surface area contributed by atoms with Crippen molar-refractivity contribution in [1.82, 2.24) is 4.57 Å². The summed E-state index contributed by atoms with van der Waals surface area (Å²) in [7, 11) is 0. The average molecular weight is 222 g/mol. The summed E-state index contributed by atoms with van der Waals surface area (Å²) in [4.78, 5) is 0. The van der Waals surface area contributed by atoms with E-state index < -0.39 is 0 Å². The second-order valence-corrected chi connectivity index (χ2v) is 4.61. The van der Waals surface area contributed by atoms with Gasteiger partial charge in [-0.15, -0.1) is 0 Å². The Hall–Kier alpha value is -0.950. The third-order valence-electron chi connectivity index (χ3n) is 2.81. The molecule has 2 rings (SSSR count). The Bertz CT molecular complexity index is 482. The molecule has 0 bridgehead atoms.